The molecule has 3 aromatic rings. The number of hydrogen-bond donors (Lipinski definition) is 2. The monoisotopic (exact) mass is 501 g/mol. The number of nitrogens with zero attached hydrogens (tertiary/aromatic N) is 3. The smallest absolute Gasteiger partial charge is 0.406 e. The Morgan fingerprint density at radius 2 is 1.97 bits per heavy atom. The zero-order valence-corrected chi connectivity index (χ0v) is 19.2. The number of carbonyl (C=O) groups excluding carboxylic acids is 1. The maximum Gasteiger partial charge on any atom is 0.573 e. The van der Waals surface area contributed by atoms with E-state index >= 15 is 4.39 Å². The van der Waals surface area contributed by atoms with Gasteiger partial charge < -0.3 is 20.4 Å². The Bertz CT molecular complexity index is 1370. The Morgan fingerprint density at radius 3 is 2.64 bits per heavy atom. The first kappa shape index (κ1) is 23.9. The number of halogens is 4. The Kier molecular flexibility index (Phi) is 5.98. The molecule has 7 nitrogen and oxygen atoms in total. The molecule has 1 aliphatic carbocycles. The number of aryl methyl sites for hydroxylation is 1. The van der Waals surface area contributed by atoms with Crippen LogP contribution in [0.1, 0.15) is 64.7 Å². The lowest BCUT2D eigenvalue weighted by Crippen LogP contribution is -2.38. The fourth-order valence-electron chi connectivity index (χ4n) is 5.44. The number of benzene rings is 1. The fourth-order valence-corrected chi connectivity index (χ4v) is 5.44. The predicted octanol–water partition coefficient (Wildman–Crippen LogP) is 5.15. The molecule has 3 N–H and O–H groups in total. The van der Waals surface area contributed by atoms with Crippen molar-refractivity contribution >= 4 is 22.6 Å². The molecule has 36 heavy (non-hydrogen) atoms. The van der Waals surface area contributed by atoms with Crippen molar-refractivity contribution in [3.63, 3.8) is 0 Å². The summed E-state index contributed by atoms with van der Waals surface area (Å²) >= 11 is 0. The van der Waals surface area contributed by atoms with Crippen molar-refractivity contribution in [2.75, 3.05) is 18.8 Å². The highest BCUT2D eigenvalue weighted by Gasteiger charge is 2.34. The molecule has 0 radical (unpaired) electrons. The van der Waals surface area contributed by atoms with Crippen molar-refractivity contribution in [1.29, 1.82) is 5.26 Å². The third-order valence-electron chi connectivity index (χ3n) is 7.04. The normalized spacial score (nSPS) is 18.6. The number of piperidine rings is 1. The molecule has 3 heterocycles. The number of H-pyrrole nitrogens is 1. The van der Waals surface area contributed by atoms with Crippen LogP contribution in [0.25, 0.3) is 11.0 Å². The lowest BCUT2D eigenvalue weighted by molar-refractivity contribution is -0.274. The maximum absolute atomic E-state index is 15.2. The molecule has 5 rings (SSSR count). The Morgan fingerprint density at radius 1 is 1.22 bits per heavy atom. The summed E-state index contributed by atoms with van der Waals surface area (Å²) in [5.74, 6) is -1.84. The number of fused-ring (bicyclic) bond motifs is 3. The minimum atomic E-state index is -4.86. The number of nitrogens with two attached hydrogens (primary N) is 1. The fraction of sp³-hybridized carbons (Fsp3) is 0.400. The number of nitrogen functional groups attached to an aromatic ring is 1. The average molecular weight is 501 g/mol. The van der Waals surface area contributed by atoms with Crippen LogP contribution in [0.4, 0.5) is 23.2 Å². The largest absolute Gasteiger partial charge is 0.573 e. The highest BCUT2D eigenvalue weighted by atomic mass is 19.4. The minimum Gasteiger partial charge on any atom is -0.406 e. The molecule has 1 aromatic carbocycles. The Labute approximate surface area is 203 Å². The summed E-state index contributed by atoms with van der Waals surface area (Å²) in [5.41, 5.74) is 8.69. The quantitative estimate of drug-likeness (QED) is 0.381. The molecule has 1 saturated heterocycles. The first-order valence-electron chi connectivity index (χ1n) is 11.7. The van der Waals surface area contributed by atoms with Gasteiger partial charge in [-0.15, -0.1) is 13.2 Å². The van der Waals surface area contributed by atoms with Crippen LogP contribution in [0.5, 0.6) is 5.75 Å². The van der Waals surface area contributed by atoms with Gasteiger partial charge in [0.05, 0.1) is 23.7 Å². The number of hydrogen-bond acceptors (Lipinski definition) is 5. The number of rotatable bonds is 3. The summed E-state index contributed by atoms with van der Waals surface area (Å²) in [6.45, 7) is 0.641. The summed E-state index contributed by atoms with van der Waals surface area (Å²) in [6.07, 6.45) is -0.325. The van der Waals surface area contributed by atoms with Crippen LogP contribution in [0.2, 0.25) is 0 Å². The lowest BCUT2D eigenvalue weighted by Gasteiger charge is -2.33. The van der Waals surface area contributed by atoms with Gasteiger partial charge in [0.25, 0.3) is 5.91 Å². The number of carbonyl (C=O) groups is 1. The summed E-state index contributed by atoms with van der Waals surface area (Å²) < 4.78 is 56.4. The van der Waals surface area contributed by atoms with Gasteiger partial charge in [-0.1, -0.05) is 0 Å². The van der Waals surface area contributed by atoms with E-state index in [1.165, 1.54) is 12.3 Å². The number of pyridine rings is 1. The lowest BCUT2D eigenvalue weighted by atomic mass is 9.81. The molecule has 1 fully saturated rings. The van der Waals surface area contributed by atoms with Gasteiger partial charge in [-0.3, -0.25) is 4.79 Å². The first-order chi connectivity index (χ1) is 17.2. The number of ether oxygens (including phenoxy) is 1. The number of amides is 1. The maximum atomic E-state index is 15.2. The summed E-state index contributed by atoms with van der Waals surface area (Å²) in [6, 6.07) is 5.58. The van der Waals surface area contributed by atoms with Gasteiger partial charge >= 0.3 is 6.36 Å². The van der Waals surface area contributed by atoms with Crippen LogP contribution in [0.3, 0.4) is 0 Å². The van der Waals surface area contributed by atoms with E-state index in [-0.39, 0.29) is 23.1 Å². The van der Waals surface area contributed by atoms with Crippen LogP contribution in [0, 0.1) is 17.1 Å². The highest BCUT2D eigenvalue weighted by molar-refractivity contribution is 5.99. The van der Waals surface area contributed by atoms with E-state index in [1.807, 2.05) is 0 Å². The second-order valence-corrected chi connectivity index (χ2v) is 9.20. The number of anilines is 1. The zero-order chi connectivity index (χ0) is 25.6. The Hall–Kier alpha value is -3.81. The second kappa shape index (κ2) is 9.00. The minimum absolute atomic E-state index is 0.0806. The summed E-state index contributed by atoms with van der Waals surface area (Å²) in [7, 11) is 0. The number of likely N-dealkylation sites (tertiary alicyclic amines) is 1. The molecule has 0 saturated carbocycles. The molecule has 0 unspecified atom stereocenters. The van der Waals surface area contributed by atoms with Crippen molar-refractivity contribution in [2.45, 2.75) is 50.3 Å². The molecular weight excluding hydrogens is 478 g/mol. The van der Waals surface area contributed by atoms with Crippen molar-refractivity contribution in [3.05, 3.63) is 52.6 Å². The number of nitrogens with one attached hydrogen (secondary N) is 1. The van der Waals surface area contributed by atoms with Crippen molar-refractivity contribution < 1.29 is 27.1 Å². The Balaban J connectivity index is 1.37. The molecule has 1 amide bonds. The molecule has 1 atom stereocenters. The number of aromatic amines is 1. The average Bonchev–Trinajstić information content (AvgIpc) is 3.22. The van der Waals surface area contributed by atoms with Crippen molar-refractivity contribution in [2.24, 2.45) is 0 Å². The van der Waals surface area contributed by atoms with Crippen LogP contribution >= 0.6 is 0 Å². The van der Waals surface area contributed by atoms with Gasteiger partial charge in [-0.2, -0.15) is 5.26 Å². The first-order valence-corrected chi connectivity index (χ1v) is 11.7. The molecule has 2 aliphatic rings. The second-order valence-electron chi connectivity index (χ2n) is 9.20. The highest BCUT2D eigenvalue weighted by Crippen LogP contribution is 2.42. The van der Waals surface area contributed by atoms with Gasteiger partial charge in [-0.05, 0) is 55.7 Å². The van der Waals surface area contributed by atoms with E-state index in [0.717, 1.165) is 36.2 Å². The van der Waals surface area contributed by atoms with Crippen LogP contribution in [0.15, 0.2) is 24.4 Å². The number of aromatic nitrogens is 2. The molecule has 2 aromatic heterocycles. The topological polar surface area (TPSA) is 108 Å². The van der Waals surface area contributed by atoms with Gasteiger partial charge in [-0.25, -0.2) is 9.37 Å². The van der Waals surface area contributed by atoms with E-state index in [0.29, 0.717) is 48.9 Å². The number of nitriles is 1. The zero-order valence-electron chi connectivity index (χ0n) is 19.2. The van der Waals surface area contributed by atoms with E-state index in [4.69, 9.17) is 5.73 Å². The van der Waals surface area contributed by atoms with E-state index in [2.05, 4.69) is 20.8 Å². The van der Waals surface area contributed by atoms with Gasteiger partial charge in [0.1, 0.15) is 17.2 Å². The van der Waals surface area contributed by atoms with Gasteiger partial charge in [0, 0.05) is 41.5 Å². The molecule has 1 aliphatic heterocycles. The molecular formula is C25H23F4N5O2. The van der Waals surface area contributed by atoms with E-state index < -0.39 is 23.8 Å². The van der Waals surface area contributed by atoms with E-state index in [1.54, 1.807) is 4.90 Å². The third kappa shape index (κ3) is 4.32. The standard InChI is InChI=1S/C25H23F4N5O2/c26-17-12-32-23-22(21-14(11-30)2-1-3-19(21)33-23)20(17)13-6-8-34(9-7-13)24(35)16-5-4-15(10-18(16)31)36-25(27,28)29/h4-5,10,12-14H,1-3,6-9,31H2,(H,32,33)/t14-/m1/s1. The predicted molar refractivity (Wildman–Crippen MR) is 123 cm³/mol. The molecule has 0 spiro atoms. The van der Waals surface area contributed by atoms with Crippen LogP contribution in [-0.4, -0.2) is 40.2 Å². The summed E-state index contributed by atoms with van der Waals surface area (Å²) in [5, 5.41) is 10.4. The van der Waals surface area contributed by atoms with Crippen LogP contribution < -0.4 is 10.5 Å². The molecule has 0 bridgehead atoms. The molecule has 11 heteroatoms. The van der Waals surface area contributed by atoms with Crippen LogP contribution in [-0.2, 0) is 6.42 Å². The summed E-state index contributed by atoms with van der Waals surface area (Å²) in [4.78, 5) is 22.1. The number of alkyl halides is 3. The van der Waals surface area contributed by atoms with Crippen molar-refractivity contribution in [1.82, 2.24) is 14.9 Å². The van der Waals surface area contributed by atoms with Gasteiger partial charge in [0.2, 0.25) is 0 Å². The van der Waals surface area contributed by atoms with Crippen molar-refractivity contribution in [3.8, 4) is 11.8 Å². The molecule has 188 valence electrons. The van der Waals surface area contributed by atoms with E-state index in [9.17, 15) is 23.2 Å². The third-order valence-corrected chi connectivity index (χ3v) is 7.04. The SMILES string of the molecule is N#C[C@H]1CCCc2[nH]c3ncc(F)c(C4CCN(C(=O)c5ccc(OC(F)(F)F)cc5N)CC4)c3c21. The van der Waals surface area contributed by atoms with Gasteiger partial charge in [0.15, 0.2) is 0 Å².